The first-order valence-electron chi connectivity index (χ1n) is 6.78. The van der Waals surface area contributed by atoms with Crippen LogP contribution in [0.25, 0.3) is 0 Å². The van der Waals surface area contributed by atoms with Crippen molar-refractivity contribution in [2.75, 3.05) is 0 Å². The first-order valence-corrected chi connectivity index (χ1v) is 6.78. The largest absolute Gasteiger partial charge is 0.369 e. The van der Waals surface area contributed by atoms with Crippen molar-refractivity contribution in [1.82, 2.24) is 5.32 Å². The van der Waals surface area contributed by atoms with E-state index in [0.717, 1.165) is 32.1 Å². The third-order valence-electron chi connectivity index (χ3n) is 4.17. The van der Waals surface area contributed by atoms with Crippen molar-refractivity contribution < 1.29 is 9.59 Å². The van der Waals surface area contributed by atoms with E-state index in [-0.39, 0.29) is 23.7 Å². The molecular formula is C13H22N2O2. The first kappa shape index (κ1) is 12.4. The van der Waals surface area contributed by atoms with E-state index in [2.05, 4.69) is 5.32 Å². The van der Waals surface area contributed by atoms with Gasteiger partial charge >= 0.3 is 0 Å². The van der Waals surface area contributed by atoms with Crippen LogP contribution in [0.1, 0.15) is 51.4 Å². The molecule has 0 aliphatic heterocycles. The van der Waals surface area contributed by atoms with Crippen LogP contribution in [0.5, 0.6) is 0 Å². The molecule has 0 bridgehead atoms. The van der Waals surface area contributed by atoms with Gasteiger partial charge in [-0.2, -0.15) is 0 Å². The lowest BCUT2D eigenvalue weighted by atomic mass is 9.92. The summed E-state index contributed by atoms with van der Waals surface area (Å²) in [5.41, 5.74) is 5.34. The van der Waals surface area contributed by atoms with Crippen LogP contribution < -0.4 is 11.1 Å². The second kappa shape index (κ2) is 5.52. The lowest BCUT2D eigenvalue weighted by Gasteiger charge is -2.25. The number of carbonyl (C=O) groups is 2. The molecule has 4 nitrogen and oxygen atoms in total. The SMILES string of the molecule is NC(=O)[C@H]1CCC[C@@H]1C(=O)NC1CCCCC1. The van der Waals surface area contributed by atoms with Crippen LogP contribution in [-0.2, 0) is 9.59 Å². The Balaban J connectivity index is 1.88. The molecule has 17 heavy (non-hydrogen) atoms. The molecule has 2 aliphatic carbocycles. The Labute approximate surface area is 102 Å². The fourth-order valence-electron chi connectivity index (χ4n) is 3.17. The Morgan fingerprint density at radius 3 is 2.18 bits per heavy atom. The summed E-state index contributed by atoms with van der Waals surface area (Å²) < 4.78 is 0. The highest BCUT2D eigenvalue weighted by molar-refractivity contribution is 5.87. The number of primary amides is 1. The molecular weight excluding hydrogens is 216 g/mol. The van der Waals surface area contributed by atoms with Crippen LogP contribution in [0, 0.1) is 11.8 Å². The van der Waals surface area contributed by atoms with Crippen LogP contribution in [0.3, 0.4) is 0 Å². The quantitative estimate of drug-likeness (QED) is 0.778. The maximum Gasteiger partial charge on any atom is 0.224 e. The number of rotatable bonds is 3. The van der Waals surface area contributed by atoms with Gasteiger partial charge in [-0.05, 0) is 25.7 Å². The molecule has 96 valence electrons. The van der Waals surface area contributed by atoms with Crippen molar-refractivity contribution in [3.8, 4) is 0 Å². The van der Waals surface area contributed by atoms with Gasteiger partial charge in [0.2, 0.25) is 11.8 Å². The third kappa shape index (κ3) is 2.99. The number of nitrogens with two attached hydrogens (primary N) is 1. The van der Waals surface area contributed by atoms with Crippen LogP contribution in [0.4, 0.5) is 0 Å². The fraction of sp³-hybridized carbons (Fsp3) is 0.846. The van der Waals surface area contributed by atoms with Gasteiger partial charge in [-0.15, -0.1) is 0 Å². The van der Waals surface area contributed by atoms with Crippen LogP contribution >= 0.6 is 0 Å². The van der Waals surface area contributed by atoms with E-state index in [0.29, 0.717) is 6.04 Å². The molecule has 0 spiro atoms. The molecule has 2 saturated carbocycles. The maximum atomic E-state index is 12.1. The number of carbonyl (C=O) groups excluding carboxylic acids is 2. The normalized spacial score (nSPS) is 30.1. The molecule has 2 atom stereocenters. The highest BCUT2D eigenvalue weighted by Crippen LogP contribution is 2.32. The van der Waals surface area contributed by atoms with Crippen molar-refractivity contribution in [3.05, 3.63) is 0 Å². The molecule has 2 amide bonds. The van der Waals surface area contributed by atoms with E-state index in [1.165, 1.54) is 19.3 Å². The summed E-state index contributed by atoms with van der Waals surface area (Å²) in [6.07, 6.45) is 8.38. The van der Waals surface area contributed by atoms with Gasteiger partial charge in [-0.3, -0.25) is 9.59 Å². The molecule has 0 heterocycles. The smallest absolute Gasteiger partial charge is 0.224 e. The summed E-state index contributed by atoms with van der Waals surface area (Å²) in [6.45, 7) is 0. The summed E-state index contributed by atoms with van der Waals surface area (Å²) in [7, 11) is 0. The van der Waals surface area contributed by atoms with Gasteiger partial charge in [0.15, 0.2) is 0 Å². The minimum Gasteiger partial charge on any atom is -0.369 e. The Hall–Kier alpha value is -1.06. The second-order valence-corrected chi connectivity index (χ2v) is 5.39. The molecule has 3 N–H and O–H groups in total. The van der Waals surface area contributed by atoms with Gasteiger partial charge in [0, 0.05) is 17.9 Å². The molecule has 4 heteroatoms. The van der Waals surface area contributed by atoms with Gasteiger partial charge in [0.05, 0.1) is 0 Å². The average Bonchev–Trinajstić information content (AvgIpc) is 2.79. The summed E-state index contributed by atoms with van der Waals surface area (Å²) in [6, 6.07) is 0.324. The number of hydrogen-bond acceptors (Lipinski definition) is 2. The van der Waals surface area contributed by atoms with Crippen molar-refractivity contribution in [1.29, 1.82) is 0 Å². The number of amides is 2. The van der Waals surface area contributed by atoms with E-state index in [1.54, 1.807) is 0 Å². The summed E-state index contributed by atoms with van der Waals surface area (Å²) in [4.78, 5) is 23.4. The lowest BCUT2D eigenvalue weighted by molar-refractivity contribution is -0.132. The van der Waals surface area contributed by atoms with Gasteiger partial charge in [-0.1, -0.05) is 25.7 Å². The van der Waals surface area contributed by atoms with Gasteiger partial charge in [-0.25, -0.2) is 0 Å². The topological polar surface area (TPSA) is 72.2 Å². The van der Waals surface area contributed by atoms with Gasteiger partial charge in [0.1, 0.15) is 0 Å². The Morgan fingerprint density at radius 2 is 1.53 bits per heavy atom. The fourth-order valence-corrected chi connectivity index (χ4v) is 3.17. The third-order valence-corrected chi connectivity index (χ3v) is 4.17. The highest BCUT2D eigenvalue weighted by atomic mass is 16.2. The van der Waals surface area contributed by atoms with Crippen molar-refractivity contribution in [2.24, 2.45) is 17.6 Å². The van der Waals surface area contributed by atoms with E-state index >= 15 is 0 Å². The zero-order valence-corrected chi connectivity index (χ0v) is 10.3. The molecule has 2 rings (SSSR count). The van der Waals surface area contributed by atoms with E-state index in [9.17, 15) is 9.59 Å². The standard InChI is InChI=1S/C13H22N2O2/c14-12(16)10-7-4-8-11(10)13(17)15-9-5-2-1-3-6-9/h9-11H,1-8H2,(H2,14,16)(H,15,17)/t10-,11-/m0/s1. The predicted molar refractivity (Wildman–Crippen MR) is 65.0 cm³/mol. The van der Waals surface area contributed by atoms with Crippen molar-refractivity contribution in [2.45, 2.75) is 57.4 Å². The maximum absolute atomic E-state index is 12.1. The molecule has 0 unspecified atom stereocenters. The van der Waals surface area contributed by atoms with Crippen LogP contribution in [0.2, 0.25) is 0 Å². The van der Waals surface area contributed by atoms with Crippen LogP contribution in [0.15, 0.2) is 0 Å². The monoisotopic (exact) mass is 238 g/mol. The summed E-state index contributed by atoms with van der Waals surface area (Å²) in [5.74, 6) is -0.669. The molecule has 2 fully saturated rings. The first-order chi connectivity index (χ1) is 8.18. The van der Waals surface area contributed by atoms with Crippen molar-refractivity contribution >= 4 is 11.8 Å². The Kier molecular flexibility index (Phi) is 4.02. The highest BCUT2D eigenvalue weighted by Gasteiger charge is 2.37. The molecule has 2 aliphatic rings. The minimum absolute atomic E-state index is 0.0539. The van der Waals surface area contributed by atoms with Gasteiger partial charge in [0.25, 0.3) is 0 Å². The van der Waals surface area contributed by atoms with E-state index in [1.807, 2.05) is 0 Å². The van der Waals surface area contributed by atoms with E-state index in [4.69, 9.17) is 5.73 Å². The second-order valence-electron chi connectivity index (χ2n) is 5.39. The zero-order valence-electron chi connectivity index (χ0n) is 10.3. The predicted octanol–water partition coefficient (Wildman–Crippen LogP) is 1.34. The lowest BCUT2D eigenvalue weighted by Crippen LogP contribution is -2.43. The average molecular weight is 238 g/mol. The molecule has 0 aromatic heterocycles. The molecule has 0 saturated heterocycles. The molecule has 0 aromatic rings. The zero-order chi connectivity index (χ0) is 12.3. The Bertz CT molecular complexity index is 298. The summed E-state index contributed by atoms with van der Waals surface area (Å²) >= 11 is 0. The molecule has 0 aromatic carbocycles. The number of hydrogen-bond donors (Lipinski definition) is 2. The number of nitrogens with one attached hydrogen (secondary N) is 1. The minimum atomic E-state index is -0.314. The molecule has 0 radical (unpaired) electrons. The summed E-state index contributed by atoms with van der Waals surface area (Å²) in [5, 5.41) is 3.10. The van der Waals surface area contributed by atoms with Gasteiger partial charge < -0.3 is 11.1 Å². The van der Waals surface area contributed by atoms with Crippen LogP contribution in [-0.4, -0.2) is 17.9 Å². The Morgan fingerprint density at radius 1 is 0.882 bits per heavy atom. The van der Waals surface area contributed by atoms with E-state index < -0.39 is 0 Å². The van der Waals surface area contributed by atoms with Crippen molar-refractivity contribution in [3.63, 3.8) is 0 Å².